The Morgan fingerprint density at radius 2 is 1.87 bits per heavy atom. The highest BCUT2D eigenvalue weighted by Crippen LogP contribution is 2.17. The first-order valence-corrected chi connectivity index (χ1v) is 5.83. The topological polar surface area (TPSA) is 46.5 Å². The average molecular weight is 216 g/mol. The average Bonchev–Trinajstić information content (AvgIpc) is 2.11. The molecule has 2 atom stereocenters. The van der Waals surface area contributed by atoms with E-state index in [2.05, 4.69) is 13.8 Å². The summed E-state index contributed by atoms with van der Waals surface area (Å²) in [6.45, 7) is 8.12. The zero-order valence-electron chi connectivity index (χ0n) is 10.3. The highest BCUT2D eigenvalue weighted by molar-refractivity contribution is 5.72. The van der Waals surface area contributed by atoms with E-state index in [1.54, 1.807) is 13.8 Å². The summed E-state index contributed by atoms with van der Waals surface area (Å²) in [6, 6.07) is 0. The van der Waals surface area contributed by atoms with E-state index < -0.39 is 6.10 Å². The Bertz CT molecular complexity index is 176. The molecule has 0 rings (SSSR count). The highest BCUT2D eigenvalue weighted by atomic mass is 16.5. The third-order valence-corrected chi connectivity index (χ3v) is 2.47. The van der Waals surface area contributed by atoms with Crippen LogP contribution in [0.2, 0.25) is 0 Å². The highest BCUT2D eigenvalue weighted by Gasteiger charge is 2.24. The molecule has 0 aromatic carbocycles. The van der Waals surface area contributed by atoms with Crippen LogP contribution in [0, 0.1) is 11.8 Å². The van der Waals surface area contributed by atoms with Gasteiger partial charge in [-0.2, -0.15) is 0 Å². The van der Waals surface area contributed by atoms with E-state index >= 15 is 0 Å². The molecule has 0 spiro atoms. The van der Waals surface area contributed by atoms with Gasteiger partial charge in [-0.05, 0) is 26.2 Å². The van der Waals surface area contributed by atoms with E-state index in [9.17, 15) is 9.90 Å². The van der Waals surface area contributed by atoms with Crippen molar-refractivity contribution in [2.45, 2.75) is 53.1 Å². The van der Waals surface area contributed by atoms with Gasteiger partial charge in [0.25, 0.3) is 0 Å². The summed E-state index contributed by atoms with van der Waals surface area (Å²) in [5.74, 6) is 0.0156. The van der Waals surface area contributed by atoms with Gasteiger partial charge in [0.15, 0.2) is 0 Å². The summed E-state index contributed by atoms with van der Waals surface area (Å²) in [7, 11) is 0. The summed E-state index contributed by atoms with van der Waals surface area (Å²) in [5, 5.41) is 9.47. The lowest BCUT2D eigenvalue weighted by Crippen LogP contribution is -2.27. The van der Waals surface area contributed by atoms with Crippen molar-refractivity contribution in [3.8, 4) is 0 Å². The van der Waals surface area contributed by atoms with Crippen LogP contribution >= 0.6 is 0 Å². The fraction of sp³-hybridized carbons (Fsp3) is 0.917. The smallest absolute Gasteiger partial charge is 0.311 e. The molecular weight excluding hydrogens is 192 g/mol. The van der Waals surface area contributed by atoms with Crippen molar-refractivity contribution in [2.24, 2.45) is 11.8 Å². The number of carbonyl (C=O) groups is 1. The van der Waals surface area contributed by atoms with E-state index in [4.69, 9.17) is 4.74 Å². The predicted octanol–water partition coefficient (Wildman–Crippen LogP) is 2.37. The normalized spacial score (nSPS) is 15.1. The maximum absolute atomic E-state index is 11.5. The molecule has 1 N–H and O–H groups in total. The lowest BCUT2D eigenvalue weighted by molar-refractivity contribution is -0.152. The molecule has 0 amide bonds. The molecule has 3 heteroatoms. The monoisotopic (exact) mass is 216 g/mol. The lowest BCUT2D eigenvalue weighted by atomic mass is 9.94. The largest absolute Gasteiger partial charge is 0.466 e. The van der Waals surface area contributed by atoms with E-state index in [1.165, 1.54) is 0 Å². The lowest BCUT2D eigenvalue weighted by Gasteiger charge is -2.18. The van der Waals surface area contributed by atoms with Crippen molar-refractivity contribution >= 4 is 5.97 Å². The molecule has 0 radical (unpaired) electrons. The van der Waals surface area contributed by atoms with Gasteiger partial charge >= 0.3 is 5.97 Å². The van der Waals surface area contributed by atoms with Crippen LogP contribution in [0.5, 0.6) is 0 Å². The Labute approximate surface area is 92.8 Å². The number of ether oxygens (including phenoxy) is 1. The summed E-state index contributed by atoms with van der Waals surface area (Å²) < 4.78 is 4.92. The van der Waals surface area contributed by atoms with E-state index in [0.717, 1.165) is 12.8 Å². The second kappa shape index (κ2) is 7.69. The second-order valence-corrected chi connectivity index (χ2v) is 4.42. The molecule has 0 saturated heterocycles. The first kappa shape index (κ1) is 14.4. The van der Waals surface area contributed by atoms with E-state index in [1.807, 2.05) is 0 Å². The van der Waals surface area contributed by atoms with Crippen molar-refractivity contribution in [3.05, 3.63) is 0 Å². The second-order valence-electron chi connectivity index (χ2n) is 4.42. The molecule has 0 aromatic rings. The summed E-state index contributed by atoms with van der Waals surface area (Å²) in [4.78, 5) is 11.5. The van der Waals surface area contributed by atoms with Crippen LogP contribution in [-0.4, -0.2) is 23.8 Å². The molecule has 2 unspecified atom stereocenters. The van der Waals surface area contributed by atoms with Crippen molar-refractivity contribution < 1.29 is 14.6 Å². The van der Waals surface area contributed by atoms with Crippen molar-refractivity contribution in [1.29, 1.82) is 0 Å². The molecule has 0 saturated carbocycles. The third-order valence-electron chi connectivity index (χ3n) is 2.47. The Hall–Kier alpha value is -0.570. The number of hydrogen-bond donors (Lipinski definition) is 1. The quantitative estimate of drug-likeness (QED) is 0.665. The van der Waals surface area contributed by atoms with E-state index in [-0.39, 0.29) is 11.9 Å². The number of esters is 1. The Morgan fingerprint density at radius 1 is 1.27 bits per heavy atom. The minimum atomic E-state index is -0.615. The minimum absolute atomic E-state index is 0.267. The number of hydrogen-bond acceptors (Lipinski definition) is 3. The SMILES string of the molecule is CCOC(=O)C(CCCC(C)C)C(C)O. The molecule has 3 nitrogen and oxygen atoms in total. The Kier molecular flexibility index (Phi) is 7.39. The van der Waals surface area contributed by atoms with Gasteiger partial charge in [-0.3, -0.25) is 4.79 Å². The minimum Gasteiger partial charge on any atom is -0.466 e. The standard InChI is InChI=1S/C12H24O3/c1-5-15-12(14)11(10(4)13)8-6-7-9(2)3/h9-11,13H,5-8H2,1-4H3. The molecule has 0 aliphatic heterocycles. The van der Waals surface area contributed by atoms with Crippen LogP contribution in [-0.2, 0) is 9.53 Å². The Balaban J connectivity index is 3.99. The number of aliphatic hydroxyl groups excluding tert-OH is 1. The fourth-order valence-corrected chi connectivity index (χ4v) is 1.55. The van der Waals surface area contributed by atoms with Gasteiger partial charge < -0.3 is 9.84 Å². The molecule has 90 valence electrons. The van der Waals surface area contributed by atoms with Gasteiger partial charge in [-0.1, -0.05) is 26.7 Å². The molecule has 15 heavy (non-hydrogen) atoms. The van der Waals surface area contributed by atoms with Crippen LogP contribution in [0.15, 0.2) is 0 Å². The maximum Gasteiger partial charge on any atom is 0.311 e. The van der Waals surface area contributed by atoms with Crippen LogP contribution < -0.4 is 0 Å². The van der Waals surface area contributed by atoms with Crippen LogP contribution in [0.3, 0.4) is 0 Å². The zero-order chi connectivity index (χ0) is 11.8. The molecule has 0 heterocycles. The van der Waals surface area contributed by atoms with Crippen molar-refractivity contribution in [2.75, 3.05) is 6.61 Å². The van der Waals surface area contributed by atoms with Gasteiger partial charge in [0.2, 0.25) is 0 Å². The summed E-state index contributed by atoms with van der Waals surface area (Å²) in [6.07, 6.45) is 2.15. The molecular formula is C12H24O3. The first-order chi connectivity index (χ1) is 6.99. The number of carbonyl (C=O) groups excluding carboxylic acids is 1. The molecule has 0 fully saturated rings. The van der Waals surface area contributed by atoms with Gasteiger partial charge in [-0.15, -0.1) is 0 Å². The van der Waals surface area contributed by atoms with Crippen LogP contribution in [0.25, 0.3) is 0 Å². The predicted molar refractivity (Wildman–Crippen MR) is 60.5 cm³/mol. The fourth-order valence-electron chi connectivity index (χ4n) is 1.55. The summed E-state index contributed by atoms with van der Waals surface area (Å²) in [5.41, 5.74) is 0. The number of aliphatic hydroxyl groups is 1. The molecule has 0 bridgehead atoms. The van der Waals surface area contributed by atoms with Crippen molar-refractivity contribution in [3.63, 3.8) is 0 Å². The van der Waals surface area contributed by atoms with Crippen LogP contribution in [0.4, 0.5) is 0 Å². The maximum atomic E-state index is 11.5. The first-order valence-electron chi connectivity index (χ1n) is 5.83. The third kappa shape index (κ3) is 6.50. The Morgan fingerprint density at radius 3 is 2.27 bits per heavy atom. The van der Waals surface area contributed by atoms with Gasteiger partial charge in [0.05, 0.1) is 18.6 Å². The van der Waals surface area contributed by atoms with Gasteiger partial charge in [-0.25, -0.2) is 0 Å². The summed E-state index contributed by atoms with van der Waals surface area (Å²) >= 11 is 0. The van der Waals surface area contributed by atoms with Gasteiger partial charge in [0.1, 0.15) is 0 Å². The van der Waals surface area contributed by atoms with E-state index in [0.29, 0.717) is 18.9 Å². The molecule has 0 aromatic heterocycles. The van der Waals surface area contributed by atoms with Crippen LogP contribution in [0.1, 0.15) is 47.0 Å². The zero-order valence-corrected chi connectivity index (χ0v) is 10.3. The molecule has 0 aliphatic carbocycles. The number of rotatable bonds is 7. The molecule has 0 aliphatic rings. The van der Waals surface area contributed by atoms with Gasteiger partial charge in [0, 0.05) is 0 Å². The van der Waals surface area contributed by atoms with Crippen molar-refractivity contribution in [1.82, 2.24) is 0 Å².